The molecule has 0 amide bonds. The molecular weight excluding hydrogens is 252 g/mol. The minimum Gasteiger partial charge on any atom is -0.457 e. The van der Waals surface area contributed by atoms with Crippen LogP contribution < -0.4 is 4.74 Å². The topological polar surface area (TPSA) is 46.5 Å². The van der Waals surface area contributed by atoms with Crippen LogP contribution in [0.3, 0.4) is 0 Å². The summed E-state index contributed by atoms with van der Waals surface area (Å²) in [5, 5.41) is 9.29. The molecule has 92 valence electrons. The summed E-state index contributed by atoms with van der Waals surface area (Å²) in [7, 11) is 0. The molecule has 0 heterocycles. The average Bonchev–Trinajstić information content (AvgIpc) is 2.40. The van der Waals surface area contributed by atoms with Crippen LogP contribution in [0.25, 0.3) is 0 Å². The van der Waals surface area contributed by atoms with Gasteiger partial charge in [-0.05, 0) is 29.8 Å². The van der Waals surface area contributed by atoms with E-state index in [1.807, 2.05) is 0 Å². The summed E-state index contributed by atoms with van der Waals surface area (Å²) in [5.41, 5.74) is 1.12. The van der Waals surface area contributed by atoms with Crippen LogP contribution in [0.1, 0.15) is 15.9 Å². The van der Waals surface area contributed by atoms with Crippen molar-refractivity contribution in [1.29, 1.82) is 0 Å². The van der Waals surface area contributed by atoms with E-state index >= 15 is 0 Å². The van der Waals surface area contributed by atoms with E-state index < -0.39 is 0 Å². The van der Waals surface area contributed by atoms with Gasteiger partial charge >= 0.3 is 0 Å². The van der Waals surface area contributed by atoms with Gasteiger partial charge in [-0.2, -0.15) is 0 Å². The van der Waals surface area contributed by atoms with Crippen LogP contribution in [-0.4, -0.2) is 11.4 Å². The number of rotatable bonds is 4. The largest absolute Gasteiger partial charge is 0.457 e. The third-order valence-electron chi connectivity index (χ3n) is 2.46. The molecule has 0 fully saturated rings. The summed E-state index contributed by atoms with van der Waals surface area (Å²) >= 11 is 5.90. The first-order valence-corrected chi connectivity index (χ1v) is 5.73. The molecule has 18 heavy (non-hydrogen) atoms. The summed E-state index contributed by atoms with van der Waals surface area (Å²) in [6, 6.07) is 12.0. The van der Waals surface area contributed by atoms with Gasteiger partial charge in [0.2, 0.25) is 0 Å². The molecule has 0 atom stereocenters. The normalized spacial score (nSPS) is 10.1. The first-order valence-electron chi connectivity index (χ1n) is 5.36. The highest BCUT2D eigenvalue weighted by atomic mass is 35.5. The smallest absolute Gasteiger partial charge is 0.155 e. The van der Waals surface area contributed by atoms with E-state index in [0.717, 1.165) is 5.56 Å². The molecule has 4 heteroatoms. The van der Waals surface area contributed by atoms with Gasteiger partial charge in [-0.3, -0.25) is 4.79 Å². The number of carbonyl (C=O) groups excluding carboxylic acids is 1. The van der Waals surface area contributed by atoms with E-state index in [9.17, 15) is 4.79 Å². The van der Waals surface area contributed by atoms with Gasteiger partial charge in [-0.1, -0.05) is 29.8 Å². The summed E-state index contributed by atoms with van der Waals surface area (Å²) in [4.78, 5) is 10.9. The monoisotopic (exact) mass is 262 g/mol. The van der Waals surface area contributed by atoms with Gasteiger partial charge in [0.25, 0.3) is 0 Å². The number of aliphatic hydroxyl groups is 1. The summed E-state index contributed by atoms with van der Waals surface area (Å²) < 4.78 is 5.58. The van der Waals surface area contributed by atoms with Crippen molar-refractivity contribution in [2.45, 2.75) is 6.61 Å². The van der Waals surface area contributed by atoms with E-state index in [-0.39, 0.29) is 6.61 Å². The van der Waals surface area contributed by atoms with Gasteiger partial charge in [0.05, 0.1) is 17.2 Å². The highest BCUT2D eigenvalue weighted by Gasteiger charge is 2.08. The van der Waals surface area contributed by atoms with Crippen LogP contribution in [0.5, 0.6) is 11.5 Å². The number of ether oxygens (including phenoxy) is 1. The Hall–Kier alpha value is -1.84. The van der Waals surface area contributed by atoms with Crippen LogP contribution in [0, 0.1) is 0 Å². The van der Waals surface area contributed by atoms with Crippen molar-refractivity contribution in [3.05, 3.63) is 58.6 Å². The summed E-state index contributed by atoms with van der Waals surface area (Å²) in [5.74, 6) is 0.992. The lowest BCUT2D eigenvalue weighted by atomic mass is 10.2. The van der Waals surface area contributed by atoms with Gasteiger partial charge < -0.3 is 9.84 Å². The molecule has 0 aliphatic carbocycles. The molecule has 0 aliphatic heterocycles. The van der Waals surface area contributed by atoms with E-state index in [1.165, 1.54) is 0 Å². The molecule has 2 aromatic rings. The molecule has 3 nitrogen and oxygen atoms in total. The highest BCUT2D eigenvalue weighted by molar-refractivity contribution is 6.33. The molecule has 0 saturated carbocycles. The number of hydrogen-bond donors (Lipinski definition) is 1. The Morgan fingerprint density at radius 3 is 2.50 bits per heavy atom. The maximum atomic E-state index is 10.9. The van der Waals surface area contributed by atoms with Gasteiger partial charge in [-0.25, -0.2) is 0 Å². The van der Waals surface area contributed by atoms with E-state index in [0.29, 0.717) is 28.4 Å². The Morgan fingerprint density at radius 1 is 1.17 bits per heavy atom. The number of benzene rings is 2. The minimum atomic E-state index is -0.0168. The fraction of sp³-hybridized carbons (Fsp3) is 0.0714. The van der Waals surface area contributed by atoms with Crippen molar-refractivity contribution >= 4 is 17.9 Å². The Kier molecular flexibility index (Phi) is 3.97. The number of halogens is 1. The zero-order chi connectivity index (χ0) is 13.0. The van der Waals surface area contributed by atoms with Gasteiger partial charge in [0.15, 0.2) is 6.29 Å². The zero-order valence-electron chi connectivity index (χ0n) is 9.47. The van der Waals surface area contributed by atoms with Crippen LogP contribution >= 0.6 is 11.6 Å². The second-order valence-electron chi connectivity index (χ2n) is 3.67. The predicted octanol–water partition coefficient (Wildman–Crippen LogP) is 3.44. The maximum absolute atomic E-state index is 10.9. The predicted molar refractivity (Wildman–Crippen MR) is 69.3 cm³/mol. The molecule has 0 radical (unpaired) electrons. The SMILES string of the molecule is O=Cc1c(Cl)cccc1Oc1ccc(CO)cc1. The quantitative estimate of drug-likeness (QED) is 0.859. The van der Waals surface area contributed by atoms with Crippen LogP contribution in [0.4, 0.5) is 0 Å². The number of aldehydes is 1. The number of aliphatic hydroxyl groups excluding tert-OH is 1. The van der Waals surface area contributed by atoms with Gasteiger partial charge in [-0.15, -0.1) is 0 Å². The van der Waals surface area contributed by atoms with E-state index in [1.54, 1.807) is 42.5 Å². The highest BCUT2D eigenvalue weighted by Crippen LogP contribution is 2.29. The minimum absolute atomic E-state index is 0.0168. The lowest BCUT2D eigenvalue weighted by Crippen LogP contribution is -1.91. The molecule has 0 saturated heterocycles. The third-order valence-corrected chi connectivity index (χ3v) is 2.79. The molecular formula is C14H11ClO3. The first-order chi connectivity index (χ1) is 8.74. The molecule has 0 spiro atoms. The Labute approximate surface area is 110 Å². The van der Waals surface area contributed by atoms with Crippen molar-refractivity contribution in [3.63, 3.8) is 0 Å². The number of hydrogen-bond acceptors (Lipinski definition) is 3. The lowest BCUT2D eigenvalue weighted by Gasteiger charge is -2.09. The number of carbonyl (C=O) groups is 1. The molecule has 2 aromatic carbocycles. The van der Waals surface area contributed by atoms with Crippen molar-refractivity contribution in [1.82, 2.24) is 0 Å². The molecule has 0 bridgehead atoms. The Morgan fingerprint density at radius 2 is 1.89 bits per heavy atom. The van der Waals surface area contributed by atoms with Crippen LogP contribution in [-0.2, 0) is 6.61 Å². The van der Waals surface area contributed by atoms with Crippen molar-refractivity contribution < 1.29 is 14.6 Å². The van der Waals surface area contributed by atoms with Crippen molar-refractivity contribution in [3.8, 4) is 11.5 Å². The Balaban J connectivity index is 2.28. The zero-order valence-corrected chi connectivity index (χ0v) is 10.2. The fourth-order valence-corrected chi connectivity index (χ4v) is 1.72. The average molecular weight is 263 g/mol. The maximum Gasteiger partial charge on any atom is 0.155 e. The van der Waals surface area contributed by atoms with Gasteiger partial charge in [0.1, 0.15) is 11.5 Å². The second-order valence-corrected chi connectivity index (χ2v) is 4.08. The van der Waals surface area contributed by atoms with E-state index in [4.69, 9.17) is 21.4 Å². The third kappa shape index (κ3) is 2.70. The van der Waals surface area contributed by atoms with Gasteiger partial charge in [0, 0.05) is 0 Å². The lowest BCUT2D eigenvalue weighted by molar-refractivity contribution is 0.112. The van der Waals surface area contributed by atoms with Crippen LogP contribution in [0.15, 0.2) is 42.5 Å². The molecule has 2 rings (SSSR count). The fourth-order valence-electron chi connectivity index (χ4n) is 1.51. The molecule has 1 N–H and O–H groups in total. The molecule has 0 unspecified atom stereocenters. The Bertz CT molecular complexity index is 549. The summed E-state index contributed by atoms with van der Waals surface area (Å²) in [6.07, 6.45) is 0.666. The van der Waals surface area contributed by atoms with Crippen LogP contribution in [0.2, 0.25) is 5.02 Å². The second kappa shape index (κ2) is 5.67. The van der Waals surface area contributed by atoms with Crippen molar-refractivity contribution in [2.75, 3.05) is 0 Å². The standard InChI is InChI=1S/C14H11ClO3/c15-13-2-1-3-14(12(13)9-17)18-11-6-4-10(8-16)5-7-11/h1-7,9,16H,8H2. The molecule has 0 aliphatic rings. The first kappa shape index (κ1) is 12.6. The molecule has 0 aromatic heterocycles. The van der Waals surface area contributed by atoms with E-state index in [2.05, 4.69) is 0 Å². The van der Waals surface area contributed by atoms with Crippen molar-refractivity contribution in [2.24, 2.45) is 0 Å². The summed E-state index contributed by atoms with van der Waals surface area (Å²) in [6.45, 7) is -0.0168.